The number of nitrogens with one attached hydrogen (secondary N) is 6. The molecule has 97 heavy (non-hydrogen) atoms. The zero-order chi connectivity index (χ0) is 70.1. The minimum absolute atomic E-state index is 0.0206. The van der Waals surface area contributed by atoms with Gasteiger partial charge in [-0.1, -0.05) is 51.1 Å². The van der Waals surface area contributed by atoms with Crippen LogP contribution >= 0.6 is 18.9 Å². The van der Waals surface area contributed by atoms with Gasteiger partial charge in [0.15, 0.2) is 0 Å². The molecule has 31 heteroatoms. The molecule has 0 radical (unpaired) electrons. The van der Waals surface area contributed by atoms with Crippen LogP contribution in [0.4, 0.5) is 23.2 Å². The molecular weight excluding hydrogens is 1310 g/mol. The van der Waals surface area contributed by atoms with Gasteiger partial charge in [0.05, 0.1) is 16.8 Å². The summed E-state index contributed by atoms with van der Waals surface area (Å²) in [4.78, 5) is 156. The molecule has 7 atom stereocenters. The number of anilines is 1. The van der Waals surface area contributed by atoms with Crippen molar-refractivity contribution >= 4 is 93.8 Å². The monoisotopic (exact) mass is 1390 g/mol. The van der Waals surface area contributed by atoms with Crippen molar-refractivity contribution in [2.24, 2.45) is 5.41 Å². The first-order valence-electron chi connectivity index (χ1n) is 32.5. The maximum atomic E-state index is 15.7. The number of piperidine rings is 1. The molecule has 6 aliphatic rings. The van der Waals surface area contributed by atoms with Crippen LogP contribution in [0.3, 0.4) is 0 Å². The second-order valence-corrected chi connectivity index (χ2v) is 30.5. The third-order valence-corrected chi connectivity index (χ3v) is 21.1. The Balaban J connectivity index is 0.821. The summed E-state index contributed by atoms with van der Waals surface area (Å²) in [5.74, 6) is -6.13. The maximum absolute atomic E-state index is 15.7. The van der Waals surface area contributed by atoms with Gasteiger partial charge in [0, 0.05) is 118 Å². The van der Waals surface area contributed by atoms with E-state index in [2.05, 4.69) is 41.3 Å². The number of carbonyl (C=O) groups is 10. The lowest BCUT2D eigenvalue weighted by Crippen LogP contribution is -2.62. The first-order valence-corrected chi connectivity index (χ1v) is 34.9. The molecule has 2 unspecified atom stereocenters. The van der Waals surface area contributed by atoms with E-state index in [-0.39, 0.29) is 109 Å². The minimum atomic E-state index is -5.85. The van der Waals surface area contributed by atoms with Gasteiger partial charge < -0.3 is 50.9 Å². The van der Waals surface area contributed by atoms with Gasteiger partial charge >= 0.3 is 19.2 Å². The standard InChI is InChI=1S/C66H82F4N11O14PS/c1-64(2,3)44-13-10-37-28-39(44)32-72-54(82)18-14-46(56(84)74-47(29-37)61(89)79-26-24-77(25-27-79)23-21-71-45-9-7-8-42-43(45)33-80(60(42)88)49-16-19-55(83)76-57(49)85)73-58(86)50-15-12-41-20-22-78(35-53(67)68)34-48(62(90)81(41)50)75-59(87)52-31-38-30-40(11-17-51(38)97-52)66(69,70)96(92,93)95-36-94-63(91)65(4,5)6/h7-11,13,17,28,30-31,41,46-50,53,71H,12,14-16,18-27,29,32-36H2,1-6H3,(H,72,82)(H,73,86)(H,74,84)(H,75,87)(H,92,93)(H,76,83,85)/t41-,46+,47+,48+,49?,50+/m1/s1. The number of carbonyl (C=O) groups excluding carboxylic acids is 10. The van der Waals surface area contributed by atoms with Crippen LogP contribution in [-0.2, 0) is 82.8 Å². The van der Waals surface area contributed by atoms with Crippen molar-refractivity contribution in [1.29, 1.82) is 0 Å². The summed E-state index contributed by atoms with van der Waals surface area (Å²) in [5, 5.41) is 17.1. The summed E-state index contributed by atoms with van der Waals surface area (Å²) in [6, 6.07) is 8.31. The number of benzene rings is 3. The molecule has 9 amide bonds. The van der Waals surface area contributed by atoms with E-state index in [9.17, 15) is 66.2 Å². The predicted octanol–water partition coefficient (Wildman–Crippen LogP) is 5.07. The molecule has 10 rings (SSSR count). The topological polar surface area (TPSA) is 315 Å². The van der Waals surface area contributed by atoms with Crippen molar-refractivity contribution in [1.82, 2.24) is 51.1 Å². The Kier molecular flexibility index (Phi) is 21.7. The summed E-state index contributed by atoms with van der Waals surface area (Å²) in [6.45, 7) is 11.0. The highest BCUT2D eigenvalue weighted by Gasteiger charge is 2.54. The lowest BCUT2D eigenvalue weighted by molar-refractivity contribution is -0.160. The number of amides is 9. The van der Waals surface area contributed by atoms with Crippen LogP contribution in [-0.4, -0.2) is 197 Å². The molecule has 2 bridgehead atoms. The molecule has 4 aromatic rings. The lowest BCUT2D eigenvalue weighted by Gasteiger charge is -2.39. The van der Waals surface area contributed by atoms with Gasteiger partial charge in [-0.3, -0.25) is 72.2 Å². The van der Waals surface area contributed by atoms with Crippen molar-refractivity contribution in [3.8, 4) is 0 Å². The van der Waals surface area contributed by atoms with Gasteiger partial charge in [-0.15, -0.1) is 11.3 Å². The van der Waals surface area contributed by atoms with Gasteiger partial charge in [-0.25, -0.2) is 8.78 Å². The average molecular weight is 1390 g/mol. The largest absolute Gasteiger partial charge is 0.438 e. The molecule has 1 aromatic heterocycles. The number of halogens is 4. The normalized spacial score (nSPS) is 23.4. The number of thiophene rings is 1. The molecule has 6 aliphatic heterocycles. The number of imide groups is 1. The number of esters is 1. The van der Waals surface area contributed by atoms with Crippen LogP contribution in [0.1, 0.15) is 134 Å². The molecule has 25 nitrogen and oxygen atoms in total. The second kappa shape index (κ2) is 29.3. The first-order chi connectivity index (χ1) is 45.8. The number of rotatable bonds is 17. The van der Waals surface area contributed by atoms with Gasteiger partial charge in [-0.05, 0) is 111 Å². The van der Waals surface area contributed by atoms with E-state index in [1.165, 1.54) is 47.6 Å². The SMILES string of the molecule is CC(C)(C)C(=O)OCOP(=O)(O)C(F)(F)c1ccc2sc(C(=O)N[C@H]3CN(CC(F)F)CC[C@H]4CC[C@@H](C(=O)N[C@H]5CCC(=O)NCc6cc(ccc6C(C)(C)C)C[C@@H](C(=O)N6CCN(CCNc7cccc8c7CN(C7CCC(=O)NC7=O)C8=O)CC6)NC5=O)N4C3=O)cc2c1. The number of hydrogen-bond acceptors (Lipinski definition) is 17. The Hall–Kier alpha value is -7.89. The Morgan fingerprint density at radius 1 is 0.814 bits per heavy atom. The van der Waals surface area contributed by atoms with E-state index in [0.717, 1.165) is 45.8 Å². The summed E-state index contributed by atoms with van der Waals surface area (Å²) >= 11 is 0.815. The van der Waals surface area contributed by atoms with Crippen molar-refractivity contribution in [3.05, 3.63) is 98.9 Å². The lowest BCUT2D eigenvalue weighted by atomic mass is 9.82. The summed E-state index contributed by atoms with van der Waals surface area (Å²) < 4.78 is 82.0. The second-order valence-electron chi connectivity index (χ2n) is 27.5. The summed E-state index contributed by atoms with van der Waals surface area (Å²) in [6.07, 6.45) is -2.47. The zero-order valence-corrected chi connectivity index (χ0v) is 56.5. The van der Waals surface area contributed by atoms with Crippen LogP contribution < -0.4 is 31.9 Å². The average Bonchev–Trinajstić information content (AvgIpc) is 1.76. The fraction of sp³-hybridized carbons (Fsp3) is 0.545. The fourth-order valence-electron chi connectivity index (χ4n) is 13.3. The van der Waals surface area contributed by atoms with E-state index in [1.54, 1.807) is 17.0 Å². The van der Waals surface area contributed by atoms with Crippen LogP contribution in [0.25, 0.3) is 10.1 Å². The van der Waals surface area contributed by atoms with E-state index in [4.69, 9.17) is 4.74 Å². The van der Waals surface area contributed by atoms with Crippen LogP contribution in [0.2, 0.25) is 0 Å². The van der Waals surface area contributed by atoms with Crippen molar-refractivity contribution in [3.63, 3.8) is 0 Å². The molecule has 3 aromatic carbocycles. The number of nitrogens with zero attached hydrogens (tertiary/aromatic N) is 5. The van der Waals surface area contributed by atoms with Crippen molar-refractivity contribution in [2.45, 2.75) is 160 Å². The number of hydrogen-bond donors (Lipinski definition) is 7. The molecular formula is C66H82F4N11O14PS. The quantitative estimate of drug-likeness (QED) is 0.0239. The molecule has 7 N–H and O–H groups in total. The summed E-state index contributed by atoms with van der Waals surface area (Å²) in [7, 11) is -5.85. The molecule has 0 spiro atoms. The highest BCUT2D eigenvalue weighted by atomic mass is 32.1. The van der Waals surface area contributed by atoms with Gasteiger partial charge in [0.2, 0.25) is 48.1 Å². The Bertz CT molecular complexity index is 3800. The van der Waals surface area contributed by atoms with Crippen molar-refractivity contribution < 1.29 is 84.2 Å². The van der Waals surface area contributed by atoms with Crippen LogP contribution in [0.15, 0.2) is 60.7 Å². The predicted molar refractivity (Wildman–Crippen MR) is 347 cm³/mol. The number of alkyl halides is 4. The highest BCUT2D eigenvalue weighted by Crippen LogP contribution is 2.63. The molecule has 0 aliphatic carbocycles. The number of ether oxygens (including phenoxy) is 1. The summed E-state index contributed by atoms with van der Waals surface area (Å²) in [5.41, 5.74) is -2.49. The van der Waals surface area contributed by atoms with E-state index < -0.39 is 128 Å². The Morgan fingerprint density at radius 3 is 2.27 bits per heavy atom. The zero-order valence-electron chi connectivity index (χ0n) is 54.8. The van der Waals surface area contributed by atoms with E-state index in [1.807, 2.05) is 45.0 Å². The van der Waals surface area contributed by atoms with Crippen molar-refractivity contribution in [2.75, 3.05) is 71.0 Å². The Labute approximate surface area is 561 Å². The van der Waals surface area contributed by atoms with Gasteiger partial charge in [0.25, 0.3) is 18.2 Å². The molecule has 4 fully saturated rings. The van der Waals surface area contributed by atoms with Gasteiger partial charge in [0.1, 0.15) is 30.2 Å². The van der Waals surface area contributed by atoms with Crippen LogP contribution in [0, 0.1) is 5.41 Å². The van der Waals surface area contributed by atoms with Crippen LogP contribution in [0.5, 0.6) is 0 Å². The number of fused-ring (bicyclic) bond motifs is 5. The third-order valence-electron chi connectivity index (χ3n) is 18.6. The first kappa shape index (κ1) is 71.9. The Morgan fingerprint density at radius 2 is 1.56 bits per heavy atom. The highest BCUT2D eigenvalue weighted by molar-refractivity contribution is 7.53. The molecule has 7 heterocycles. The molecule has 0 saturated carbocycles. The molecule has 524 valence electrons. The van der Waals surface area contributed by atoms with Gasteiger partial charge in [-0.2, -0.15) is 8.78 Å². The fourth-order valence-corrected chi connectivity index (χ4v) is 15.1. The minimum Gasteiger partial charge on any atom is -0.438 e. The molecule has 4 saturated heterocycles. The smallest absolute Gasteiger partial charge is 0.404 e. The third kappa shape index (κ3) is 16.5. The van der Waals surface area contributed by atoms with E-state index >= 15 is 8.78 Å². The number of piperazine rings is 1. The maximum Gasteiger partial charge on any atom is 0.404 e. The van der Waals surface area contributed by atoms with E-state index in [0.29, 0.717) is 50.4 Å².